The monoisotopic (exact) mass is 989 g/mol. The molecule has 0 aromatic heterocycles. The van der Waals surface area contributed by atoms with E-state index >= 15 is 0 Å². The van der Waals surface area contributed by atoms with Crippen LogP contribution in [0.4, 0.5) is 0 Å². The number of unbranched alkanes of at least 4 members (excludes halogenated alkanes) is 12. The summed E-state index contributed by atoms with van der Waals surface area (Å²) in [6, 6.07) is 0. The summed E-state index contributed by atoms with van der Waals surface area (Å²) >= 11 is 0. The number of carbonyl (C=O) groups is 3. The zero-order chi connectivity index (χ0) is 52.2. The Hall–Kier alpha value is -5.23. The Morgan fingerprint density at radius 1 is 0.306 bits per heavy atom. The molecule has 0 radical (unpaired) electrons. The van der Waals surface area contributed by atoms with Crippen molar-refractivity contribution in [3.63, 3.8) is 0 Å². The molecule has 1 unspecified atom stereocenters. The molecule has 0 saturated heterocycles. The van der Waals surface area contributed by atoms with E-state index in [0.717, 1.165) is 103 Å². The number of carbonyl (C=O) groups excluding carboxylic acids is 3. The minimum Gasteiger partial charge on any atom is -0.462 e. The largest absolute Gasteiger partial charge is 0.462 e. The summed E-state index contributed by atoms with van der Waals surface area (Å²) in [7, 11) is 0. The molecule has 1 atom stereocenters. The van der Waals surface area contributed by atoms with E-state index in [1.54, 1.807) is 0 Å². The van der Waals surface area contributed by atoms with Crippen molar-refractivity contribution in [1.29, 1.82) is 0 Å². The van der Waals surface area contributed by atoms with Crippen LogP contribution in [-0.4, -0.2) is 37.2 Å². The van der Waals surface area contributed by atoms with Gasteiger partial charge in [0.25, 0.3) is 0 Å². The van der Waals surface area contributed by atoms with Crippen molar-refractivity contribution < 1.29 is 28.6 Å². The zero-order valence-corrected chi connectivity index (χ0v) is 45.6. The molecule has 0 spiro atoms. The third-order valence-corrected chi connectivity index (χ3v) is 11.0. The highest BCUT2D eigenvalue weighted by Gasteiger charge is 2.19. The minimum atomic E-state index is -0.854. The summed E-state index contributed by atoms with van der Waals surface area (Å²) in [5, 5.41) is 0. The Kier molecular flexibility index (Phi) is 54.1. The van der Waals surface area contributed by atoms with Crippen LogP contribution in [0.5, 0.6) is 0 Å². The van der Waals surface area contributed by atoms with Crippen LogP contribution in [0, 0.1) is 0 Å². The highest BCUT2D eigenvalue weighted by molar-refractivity contribution is 5.71. The van der Waals surface area contributed by atoms with Gasteiger partial charge in [-0.3, -0.25) is 14.4 Å². The Morgan fingerprint density at radius 3 is 1.10 bits per heavy atom. The smallest absolute Gasteiger partial charge is 0.306 e. The van der Waals surface area contributed by atoms with Gasteiger partial charge in [0, 0.05) is 19.3 Å². The second-order valence-electron chi connectivity index (χ2n) is 17.8. The van der Waals surface area contributed by atoms with Crippen molar-refractivity contribution in [2.45, 2.75) is 213 Å². The molecule has 0 aromatic carbocycles. The lowest BCUT2D eigenvalue weighted by molar-refractivity contribution is -0.166. The SMILES string of the molecule is CC/C=C\C/C=C\C/C=C\C/C=C\C/C=C\C/C=C\CCC(=O)OCC(COC(=O)CCC/C=C\C/C=C\C/C=C\C/C=C\CCCCC)OC(=O)CCCCCCC\C=C/C=C\C=C/C=C\CCCCC. The first-order valence-electron chi connectivity index (χ1n) is 28.2. The summed E-state index contributed by atoms with van der Waals surface area (Å²) in [5.74, 6) is -1.12. The molecule has 0 heterocycles. The maximum Gasteiger partial charge on any atom is 0.306 e. The molecule has 0 rings (SSSR count). The van der Waals surface area contributed by atoms with Gasteiger partial charge in [0.05, 0.1) is 0 Å². The molecule has 0 aliphatic carbocycles. The molecule has 0 saturated carbocycles. The van der Waals surface area contributed by atoms with Gasteiger partial charge in [-0.2, -0.15) is 0 Å². The van der Waals surface area contributed by atoms with Crippen molar-refractivity contribution >= 4 is 17.9 Å². The highest BCUT2D eigenvalue weighted by Crippen LogP contribution is 2.11. The van der Waals surface area contributed by atoms with Gasteiger partial charge in [-0.25, -0.2) is 0 Å². The number of allylic oxidation sites excluding steroid dienone is 28. The van der Waals surface area contributed by atoms with Crippen LogP contribution >= 0.6 is 0 Å². The van der Waals surface area contributed by atoms with Gasteiger partial charge in [0.2, 0.25) is 0 Å². The van der Waals surface area contributed by atoms with Gasteiger partial charge in [0.15, 0.2) is 6.10 Å². The lowest BCUT2D eigenvalue weighted by Gasteiger charge is -2.18. The zero-order valence-electron chi connectivity index (χ0n) is 45.6. The fourth-order valence-electron chi connectivity index (χ4n) is 6.82. The Morgan fingerprint density at radius 2 is 0.639 bits per heavy atom. The lowest BCUT2D eigenvalue weighted by Crippen LogP contribution is -2.30. The average Bonchev–Trinajstić information content (AvgIpc) is 3.38. The summed E-state index contributed by atoms with van der Waals surface area (Å²) in [6.45, 7) is 6.30. The first-order valence-corrected chi connectivity index (χ1v) is 28.2. The topological polar surface area (TPSA) is 78.9 Å². The van der Waals surface area contributed by atoms with E-state index < -0.39 is 6.10 Å². The normalized spacial score (nSPS) is 13.4. The molecular formula is C66H100O6. The van der Waals surface area contributed by atoms with E-state index in [1.807, 2.05) is 12.2 Å². The molecule has 0 aromatic rings. The van der Waals surface area contributed by atoms with Crippen molar-refractivity contribution in [1.82, 2.24) is 0 Å². The maximum absolute atomic E-state index is 12.9. The Labute approximate surface area is 441 Å². The van der Waals surface area contributed by atoms with E-state index in [-0.39, 0.29) is 50.4 Å². The maximum atomic E-state index is 12.9. The molecule has 6 heteroatoms. The van der Waals surface area contributed by atoms with E-state index in [1.165, 1.54) is 44.9 Å². The van der Waals surface area contributed by atoms with Gasteiger partial charge in [-0.05, 0) is 122 Å². The standard InChI is InChI=1S/C66H100O6/c1-4-7-10-13-16-19-22-25-28-31-33-36-38-41-44-47-50-53-56-59-65(68)71-62-63(61-70-64(67)58-55-52-49-46-43-40-37-34-30-27-24-21-18-15-12-9-6-3)72-66(69)60-57-54-51-48-45-42-39-35-32-29-26-23-20-17-14-11-8-5-2/h7,10,16-21,23,25-30,32-33,35-37,39-41,44,46,49-50,53,63H,4-6,8-9,11-15,22,24,31,34,38,42-43,45,47-48,51-52,54-62H2,1-3H3/b10-7-,19-16-,20-17-,21-18-,26-23-,28-25-,30-27-,32-29-,36-33-,39-35-,40-37-,44-41-,49-46-,53-50-. The van der Waals surface area contributed by atoms with E-state index in [2.05, 4.69) is 179 Å². The van der Waals surface area contributed by atoms with Gasteiger partial charge < -0.3 is 14.2 Å². The fraction of sp³-hybridized carbons (Fsp3) is 0.530. The van der Waals surface area contributed by atoms with Crippen LogP contribution in [0.3, 0.4) is 0 Å². The van der Waals surface area contributed by atoms with Crippen LogP contribution in [-0.2, 0) is 28.6 Å². The van der Waals surface area contributed by atoms with Crippen molar-refractivity contribution in [2.24, 2.45) is 0 Å². The molecule has 0 fully saturated rings. The van der Waals surface area contributed by atoms with Crippen molar-refractivity contribution in [3.05, 3.63) is 170 Å². The molecule has 400 valence electrons. The van der Waals surface area contributed by atoms with Gasteiger partial charge >= 0.3 is 17.9 Å². The first-order chi connectivity index (χ1) is 35.5. The highest BCUT2D eigenvalue weighted by atomic mass is 16.6. The summed E-state index contributed by atoms with van der Waals surface area (Å²) < 4.78 is 16.7. The van der Waals surface area contributed by atoms with E-state index in [9.17, 15) is 14.4 Å². The predicted molar refractivity (Wildman–Crippen MR) is 311 cm³/mol. The number of hydrogen-bond donors (Lipinski definition) is 0. The number of ether oxygens (including phenoxy) is 3. The quantitative estimate of drug-likeness (QED) is 0.0199. The van der Waals surface area contributed by atoms with Crippen LogP contribution in [0.2, 0.25) is 0 Å². The summed E-state index contributed by atoms with van der Waals surface area (Å²) in [4.78, 5) is 38.1. The third-order valence-electron chi connectivity index (χ3n) is 11.0. The van der Waals surface area contributed by atoms with Crippen LogP contribution in [0.15, 0.2) is 170 Å². The van der Waals surface area contributed by atoms with Gasteiger partial charge in [-0.15, -0.1) is 0 Å². The van der Waals surface area contributed by atoms with E-state index in [0.29, 0.717) is 19.3 Å². The fourth-order valence-corrected chi connectivity index (χ4v) is 6.82. The van der Waals surface area contributed by atoms with E-state index in [4.69, 9.17) is 14.2 Å². The molecule has 0 aliphatic heterocycles. The van der Waals surface area contributed by atoms with Crippen LogP contribution < -0.4 is 0 Å². The predicted octanol–water partition coefficient (Wildman–Crippen LogP) is 19.1. The second-order valence-corrected chi connectivity index (χ2v) is 17.8. The number of rotatable bonds is 48. The molecule has 0 bridgehead atoms. The van der Waals surface area contributed by atoms with Crippen LogP contribution in [0.1, 0.15) is 207 Å². The molecule has 72 heavy (non-hydrogen) atoms. The van der Waals surface area contributed by atoms with Gasteiger partial charge in [-0.1, -0.05) is 236 Å². The van der Waals surface area contributed by atoms with Crippen LogP contribution in [0.25, 0.3) is 0 Å². The molecule has 0 amide bonds. The third kappa shape index (κ3) is 55.7. The second kappa shape index (κ2) is 58.3. The average molecular weight is 990 g/mol. The van der Waals surface area contributed by atoms with Crippen molar-refractivity contribution in [3.8, 4) is 0 Å². The Bertz CT molecular complexity index is 1700. The minimum absolute atomic E-state index is 0.148. The Balaban J connectivity index is 4.68. The number of hydrogen-bond acceptors (Lipinski definition) is 6. The van der Waals surface area contributed by atoms with Gasteiger partial charge in [0.1, 0.15) is 13.2 Å². The van der Waals surface area contributed by atoms with Crippen molar-refractivity contribution in [2.75, 3.05) is 13.2 Å². The molecule has 0 aliphatic rings. The number of esters is 3. The molecular weight excluding hydrogens is 889 g/mol. The first kappa shape index (κ1) is 66.8. The summed E-state index contributed by atoms with van der Waals surface area (Å²) in [6.07, 6.45) is 86.3. The molecule has 0 N–H and O–H groups in total. The lowest BCUT2D eigenvalue weighted by atomic mass is 10.1. The summed E-state index contributed by atoms with van der Waals surface area (Å²) in [5.41, 5.74) is 0. The molecule has 6 nitrogen and oxygen atoms in total.